The van der Waals surface area contributed by atoms with Gasteiger partial charge in [-0.05, 0) is 13.3 Å². The first-order chi connectivity index (χ1) is 6.26. The van der Waals surface area contributed by atoms with Crippen molar-refractivity contribution in [3.05, 3.63) is 0 Å². The SMILES string of the molecule is CCC(C)N(C=O)CCNCCBr. The van der Waals surface area contributed by atoms with Crippen LogP contribution in [0.1, 0.15) is 20.3 Å². The van der Waals surface area contributed by atoms with Gasteiger partial charge in [-0.15, -0.1) is 0 Å². The van der Waals surface area contributed by atoms with E-state index in [1.807, 2.05) is 4.90 Å². The van der Waals surface area contributed by atoms with Gasteiger partial charge in [-0.2, -0.15) is 0 Å². The summed E-state index contributed by atoms with van der Waals surface area (Å²) in [5, 5.41) is 4.19. The number of halogens is 1. The fourth-order valence-corrected chi connectivity index (χ4v) is 1.29. The van der Waals surface area contributed by atoms with Crippen molar-refractivity contribution in [1.29, 1.82) is 0 Å². The van der Waals surface area contributed by atoms with E-state index in [0.29, 0.717) is 6.04 Å². The van der Waals surface area contributed by atoms with Gasteiger partial charge in [0.2, 0.25) is 6.41 Å². The summed E-state index contributed by atoms with van der Waals surface area (Å²) in [5.74, 6) is 0. The molecule has 0 aromatic heterocycles. The van der Waals surface area contributed by atoms with Crippen molar-refractivity contribution in [1.82, 2.24) is 10.2 Å². The number of hydrogen-bond donors (Lipinski definition) is 1. The number of nitrogens with zero attached hydrogens (tertiary/aromatic N) is 1. The van der Waals surface area contributed by atoms with Crippen LogP contribution in [0.2, 0.25) is 0 Å². The summed E-state index contributed by atoms with van der Waals surface area (Å²) in [4.78, 5) is 12.5. The zero-order valence-corrected chi connectivity index (χ0v) is 10.0. The molecule has 0 rings (SSSR count). The molecule has 1 amide bonds. The minimum atomic E-state index is 0.350. The van der Waals surface area contributed by atoms with E-state index in [1.165, 1.54) is 0 Å². The van der Waals surface area contributed by atoms with Crippen LogP contribution in [0.4, 0.5) is 0 Å². The second kappa shape index (κ2) is 8.51. The Hall–Kier alpha value is -0.0900. The fraction of sp³-hybridized carbons (Fsp3) is 0.889. The normalized spacial score (nSPS) is 12.5. The molecule has 0 aromatic rings. The molecule has 0 spiro atoms. The lowest BCUT2D eigenvalue weighted by Gasteiger charge is -2.23. The van der Waals surface area contributed by atoms with Gasteiger partial charge in [-0.25, -0.2) is 0 Å². The third-order valence-corrected chi connectivity index (χ3v) is 2.51. The van der Waals surface area contributed by atoms with Crippen LogP contribution in [-0.4, -0.2) is 42.3 Å². The van der Waals surface area contributed by atoms with Crippen molar-refractivity contribution in [2.45, 2.75) is 26.3 Å². The molecule has 78 valence electrons. The number of alkyl halides is 1. The van der Waals surface area contributed by atoms with Gasteiger partial charge in [-0.3, -0.25) is 4.79 Å². The summed E-state index contributed by atoms with van der Waals surface area (Å²) in [6.45, 7) is 6.78. The molecule has 4 heteroatoms. The van der Waals surface area contributed by atoms with Gasteiger partial charge in [0.1, 0.15) is 0 Å². The molecule has 1 N–H and O–H groups in total. The van der Waals surface area contributed by atoms with Gasteiger partial charge >= 0.3 is 0 Å². The van der Waals surface area contributed by atoms with E-state index < -0.39 is 0 Å². The maximum atomic E-state index is 10.7. The fourth-order valence-electron chi connectivity index (χ4n) is 1.01. The molecule has 1 atom stereocenters. The molecule has 13 heavy (non-hydrogen) atoms. The van der Waals surface area contributed by atoms with Crippen molar-refractivity contribution < 1.29 is 4.79 Å². The summed E-state index contributed by atoms with van der Waals surface area (Å²) in [5.41, 5.74) is 0. The van der Waals surface area contributed by atoms with E-state index in [4.69, 9.17) is 0 Å². The van der Waals surface area contributed by atoms with E-state index in [-0.39, 0.29) is 0 Å². The number of nitrogens with one attached hydrogen (secondary N) is 1. The summed E-state index contributed by atoms with van der Waals surface area (Å²) in [6.07, 6.45) is 1.95. The Labute approximate surface area is 89.0 Å². The number of amides is 1. The summed E-state index contributed by atoms with van der Waals surface area (Å²) < 4.78 is 0. The molecule has 0 radical (unpaired) electrons. The molecule has 0 saturated carbocycles. The van der Waals surface area contributed by atoms with Gasteiger partial charge in [-0.1, -0.05) is 22.9 Å². The van der Waals surface area contributed by atoms with Crippen LogP contribution < -0.4 is 5.32 Å². The molecule has 0 bridgehead atoms. The first kappa shape index (κ1) is 12.9. The zero-order valence-electron chi connectivity index (χ0n) is 8.42. The van der Waals surface area contributed by atoms with Crippen LogP contribution in [0.3, 0.4) is 0 Å². The Balaban J connectivity index is 3.53. The molecule has 0 heterocycles. The zero-order chi connectivity index (χ0) is 10.1. The predicted molar refractivity (Wildman–Crippen MR) is 59.2 cm³/mol. The Morgan fingerprint density at radius 3 is 2.69 bits per heavy atom. The Morgan fingerprint density at radius 2 is 2.23 bits per heavy atom. The van der Waals surface area contributed by atoms with Crippen LogP contribution in [0.15, 0.2) is 0 Å². The Morgan fingerprint density at radius 1 is 1.54 bits per heavy atom. The first-order valence-electron chi connectivity index (χ1n) is 4.74. The van der Waals surface area contributed by atoms with E-state index in [0.717, 1.165) is 37.8 Å². The van der Waals surface area contributed by atoms with Crippen LogP contribution >= 0.6 is 15.9 Å². The van der Waals surface area contributed by atoms with Crippen LogP contribution in [-0.2, 0) is 4.79 Å². The van der Waals surface area contributed by atoms with E-state index in [9.17, 15) is 4.79 Å². The van der Waals surface area contributed by atoms with Gasteiger partial charge in [0.25, 0.3) is 0 Å². The highest BCUT2D eigenvalue weighted by molar-refractivity contribution is 9.09. The largest absolute Gasteiger partial charge is 0.341 e. The van der Waals surface area contributed by atoms with Crippen LogP contribution in [0, 0.1) is 0 Å². The van der Waals surface area contributed by atoms with Crippen molar-refractivity contribution in [2.75, 3.05) is 25.0 Å². The third kappa shape index (κ3) is 6.05. The lowest BCUT2D eigenvalue weighted by Crippen LogP contribution is -2.37. The van der Waals surface area contributed by atoms with E-state index in [1.54, 1.807) is 0 Å². The number of hydrogen-bond acceptors (Lipinski definition) is 2. The Kier molecular flexibility index (Phi) is 8.45. The second-order valence-corrected chi connectivity index (χ2v) is 3.83. The maximum Gasteiger partial charge on any atom is 0.209 e. The third-order valence-electron chi connectivity index (χ3n) is 2.11. The van der Waals surface area contributed by atoms with Gasteiger partial charge in [0.05, 0.1) is 0 Å². The summed E-state index contributed by atoms with van der Waals surface area (Å²) >= 11 is 3.33. The molecule has 0 aliphatic carbocycles. The molecule has 0 aliphatic heterocycles. The highest BCUT2D eigenvalue weighted by Gasteiger charge is 2.07. The topological polar surface area (TPSA) is 32.3 Å². The average molecular weight is 251 g/mol. The lowest BCUT2D eigenvalue weighted by atomic mass is 10.2. The highest BCUT2D eigenvalue weighted by Crippen LogP contribution is 1.98. The van der Waals surface area contributed by atoms with Crippen molar-refractivity contribution in [2.24, 2.45) is 0 Å². The highest BCUT2D eigenvalue weighted by atomic mass is 79.9. The summed E-state index contributed by atoms with van der Waals surface area (Å²) in [7, 11) is 0. The molecule has 1 unspecified atom stereocenters. The number of rotatable bonds is 8. The second-order valence-electron chi connectivity index (χ2n) is 3.04. The smallest absolute Gasteiger partial charge is 0.209 e. The minimum Gasteiger partial charge on any atom is -0.341 e. The molecule has 0 aliphatic rings. The molecule has 3 nitrogen and oxygen atoms in total. The van der Waals surface area contributed by atoms with Crippen molar-refractivity contribution in [3.8, 4) is 0 Å². The number of carbonyl (C=O) groups excluding carboxylic acids is 1. The van der Waals surface area contributed by atoms with Gasteiger partial charge < -0.3 is 10.2 Å². The molecule has 0 saturated heterocycles. The van der Waals surface area contributed by atoms with Crippen LogP contribution in [0.25, 0.3) is 0 Å². The molecule has 0 fully saturated rings. The van der Waals surface area contributed by atoms with Crippen LogP contribution in [0.5, 0.6) is 0 Å². The van der Waals surface area contributed by atoms with E-state index in [2.05, 4.69) is 35.1 Å². The minimum absolute atomic E-state index is 0.350. The van der Waals surface area contributed by atoms with Gasteiger partial charge in [0.15, 0.2) is 0 Å². The van der Waals surface area contributed by atoms with Crippen molar-refractivity contribution >= 4 is 22.3 Å². The monoisotopic (exact) mass is 250 g/mol. The van der Waals surface area contributed by atoms with Gasteiger partial charge in [0, 0.05) is 31.0 Å². The molecular weight excluding hydrogens is 232 g/mol. The molecular formula is C9H19BrN2O. The summed E-state index contributed by atoms with van der Waals surface area (Å²) in [6, 6.07) is 0.350. The lowest BCUT2D eigenvalue weighted by molar-refractivity contribution is -0.119. The predicted octanol–water partition coefficient (Wildman–Crippen LogP) is 1.23. The Bertz CT molecular complexity index is 133. The first-order valence-corrected chi connectivity index (χ1v) is 5.86. The maximum absolute atomic E-state index is 10.7. The van der Waals surface area contributed by atoms with E-state index >= 15 is 0 Å². The van der Waals surface area contributed by atoms with Crippen molar-refractivity contribution in [3.63, 3.8) is 0 Å². The number of carbonyl (C=O) groups is 1. The quantitative estimate of drug-likeness (QED) is 0.400. The standard InChI is InChI=1S/C9H19BrN2O/c1-3-9(2)12(8-13)7-6-11-5-4-10/h8-9,11H,3-7H2,1-2H3. The average Bonchev–Trinajstić information content (AvgIpc) is 2.17. The molecule has 0 aromatic carbocycles.